The molecule has 120 valence electrons. The van der Waals surface area contributed by atoms with E-state index in [0.29, 0.717) is 12.1 Å². The van der Waals surface area contributed by atoms with Crippen LogP contribution in [0.3, 0.4) is 0 Å². The molecule has 1 N–H and O–H groups in total. The van der Waals surface area contributed by atoms with Crippen LogP contribution in [0, 0.1) is 0 Å². The number of benzene rings is 1. The molecule has 0 aliphatic heterocycles. The molecule has 0 saturated carbocycles. The van der Waals surface area contributed by atoms with Crippen molar-refractivity contribution in [2.75, 3.05) is 13.7 Å². The van der Waals surface area contributed by atoms with Crippen LogP contribution in [0.25, 0.3) is 0 Å². The molecule has 2 unspecified atom stereocenters. The monoisotopic (exact) mass is 293 g/mol. The molecule has 1 aromatic carbocycles. The lowest BCUT2D eigenvalue weighted by atomic mass is 10.00. The number of rotatable bonds is 10. The topological polar surface area (TPSA) is 30.5 Å². The van der Waals surface area contributed by atoms with Gasteiger partial charge in [0.1, 0.15) is 5.75 Å². The van der Waals surface area contributed by atoms with Crippen molar-refractivity contribution in [3.05, 3.63) is 29.8 Å². The Balaban J connectivity index is 2.67. The summed E-state index contributed by atoms with van der Waals surface area (Å²) in [6, 6.07) is 8.85. The Bertz CT molecular complexity index is 375. The molecule has 0 heterocycles. The summed E-state index contributed by atoms with van der Waals surface area (Å²) in [4.78, 5) is 0. The van der Waals surface area contributed by atoms with Gasteiger partial charge < -0.3 is 14.8 Å². The number of ether oxygens (including phenoxy) is 2. The van der Waals surface area contributed by atoms with Gasteiger partial charge in [-0.25, -0.2) is 0 Å². The predicted octanol–water partition coefficient (Wildman–Crippen LogP) is 4.33. The first-order valence-electron chi connectivity index (χ1n) is 8.09. The Hall–Kier alpha value is -1.06. The Morgan fingerprint density at radius 1 is 1.05 bits per heavy atom. The lowest BCUT2D eigenvalue weighted by Crippen LogP contribution is -2.23. The molecular weight excluding hydrogens is 262 g/mol. The molecule has 0 bridgehead atoms. The van der Waals surface area contributed by atoms with Crippen LogP contribution in [0.4, 0.5) is 0 Å². The summed E-state index contributed by atoms with van der Waals surface area (Å²) in [5.74, 6) is 0.938. The van der Waals surface area contributed by atoms with Crippen molar-refractivity contribution < 1.29 is 9.47 Å². The van der Waals surface area contributed by atoms with Crippen LogP contribution < -0.4 is 10.1 Å². The molecule has 0 spiro atoms. The third-order valence-electron chi connectivity index (χ3n) is 3.56. The van der Waals surface area contributed by atoms with Crippen LogP contribution in [-0.4, -0.2) is 25.9 Å². The van der Waals surface area contributed by atoms with Crippen molar-refractivity contribution in [1.29, 1.82) is 0 Å². The lowest BCUT2D eigenvalue weighted by molar-refractivity contribution is 0.106. The van der Waals surface area contributed by atoms with Crippen LogP contribution >= 0.6 is 0 Å². The van der Waals surface area contributed by atoms with Gasteiger partial charge >= 0.3 is 0 Å². The normalized spacial score (nSPS) is 14.2. The molecule has 21 heavy (non-hydrogen) atoms. The Morgan fingerprint density at radius 2 is 1.71 bits per heavy atom. The molecule has 0 amide bonds. The van der Waals surface area contributed by atoms with Gasteiger partial charge in [0.15, 0.2) is 0 Å². The van der Waals surface area contributed by atoms with E-state index in [1.807, 2.05) is 13.8 Å². The molecular formula is C18H31NO2. The van der Waals surface area contributed by atoms with E-state index in [2.05, 4.69) is 43.4 Å². The molecule has 0 aliphatic rings. The maximum absolute atomic E-state index is 5.71. The molecule has 0 fully saturated rings. The smallest absolute Gasteiger partial charge is 0.119 e. The number of methoxy groups -OCH3 is 1. The number of nitrogens with one attached hydrogen (secondary N) is 1. The minimum Gasteiger partial charge on any atom is -0.491 e. The fourth-order valence-corrected chi connectivity index (χ4v) is 2.28. The summed E-state index contributed by atoms with van der Waals surface area (Å²) in [5.41, 5.74) is 1.32. The van der Waals surface area contributed by atoms with E-state index in [4.69, 9.17) is 9.47 Å². The van der Waals surface area contributed by atoms with Crippen molar-refractivity contribution in [3.63, 3.8) is 0 Å². The van der Waals surface area contributed by atoms with E-state index in [1.165, 1.54) is 5.56 Å². The molecule has 0 radical (unpaired) electrons. The zero-order valence-corrected chi connectivity index (χ0v) is 14.2. The summed E-state index contributed by atoms with van der Waals surface area (Å²) in [5, 5.41) is 3.63. The molecule has 3 nitrogen and oxygen atoms in total. The highest BCUT2D eigenvalue weighted by Gasteiger charge is 2.12. The van der Waals surface area contributed by atoms with Crippen LogP contribution in [0.5, 0.6) is 5.75 Å². The van der Waals surface area contributed by atoms with Gasteiger partial charge in [-0.05, 0) is 64.3 Å². The highest BCUT2D eigenvalue weighted by Crippen LogP contribution is 2.23. The van der Waals surface area contributed by atoms with Crippen LogP contribution in [-0.2, 0) is 4.74 Å². The average molecular weight is 293 g/mol. The molecule has 0 aromatic heterocycles. The third kappa shape index (κ3) is 6.96. The van der Waals surface area contributed by atoms with Gasteiger partial charge in [-0.2, -0.15) is 0 Å². The first-order chi connectivity index (χ1) is 10.1. The average Bonchev–Trinajstić information content (AvgIpc) is 2.47. The predicted molar refractivity (Wildman–Crippen MR) is 88.9 cm³/mol. The maximum Gasteiger partial charge on any atom is 0.119 e. The van der Waals surface area contributed by atoms with Crippen LogP contribution in [0.15, 0.2) is 24.3 Å². The highest BCUT2D eigenvalue weighted by atomic mass is 16.5. The SMILES string of the molecule is CCCNC(CCC(C)OC)c1ccc(OC(C)C)cc1. The van der Waals surface area contributed by atoms with E-state index in [1.54, 1.807) is 7.11 Å². The van der Waals surface area contributed by atoms with Crippen molar-refractivity contribution in [3.8, 4) is 5.75 Å². The molecule has 3 heteroatoms. The van der Waals surface area contributed by atoms with Crippen molar-refractivity contribution in [2.24, 2.45) is 0 Å². The van der Waals surface area contributed by atoms with Crippen molar-refractivity contribution in [1.82, 2.24) is 5.32 Å². The highest BCUT2D eigenvalue weighted by molar-refractivity contribution is 5.29. The first kappa shape index (κ1) is 18.0. The second kappa shape index (κ2) is 9.80. The zero-order chi connectivity index (χ0) is 15.7. The van der Waals surface area contributed by atoms with E-state index < -0.39 is 0 Å². The molecule has 1 aromatic rings. The van der Waals surface area contributed by atoms with E-state index in [0.717, 1.165) is 31.6 Å². The number of hydrogen-bond donors (Lipinski definition) is 1. The van der Waals surface area contributed by atoms with Gasteiger partial charge in [-0.15, -0.1) is 0 Å². The summed E-state index contributed by atoms with van der Waals surface area (Å²) in [6.07, 6.45) is 3.80. The lowest BCUT2D eigenvalue weighted by Gasteiger charge is -2.21. The van der Waals surface area contributed by atoms with Crippen molar-refractivity contribution in [2.45, 2.75) is 65.2 Å². The quantitative estimate of drug-likeness (QED) is 0.696. The molecule has 1 rings (SSSR count). The second-order valence-electron chi connectivity index (χ2n) is 5.87. The largest absolute Gasteiger partial charge is 0.491 e. The summed E-state index contributed by atoms with van der Waals surface area (Å²) >= 11 is 0. The van der Waals surface area contributed by atoms with E-state index in [9.17, 15) is 0 Å². The van der Waals surface area contributed by atoms with Gasteiger partial charge in [0.05, 0.1) is 12.2 Å². The van der Waals surface area contributed by atoms with Gasteiger partial charge in [-0.3, -0.25) is 0 Å². The van der Waals surface area contributed by atoms with Crippen LogP contribution in [0.1, 0.15) is 58.6 Å². The standard InChI is InChI=1S/C18H31NO2/c1-6-13-19-18(12-7-15(4)20-5)16-8-10-17(11-9-16)21-14(2)3/h8-11,14-15,18-19H,6-7,12-13H2,1-5H3. The minimum atomic E-state index is 0.215. The second-order valence-corrected chi connectivity index (χ2v) is 5.87. The first-order valence-corrected chi connectivity index (χ1v) is 8.09. The fourth-order valence-electron chi connectivity index (χ4n) is 2.28. The zero-order valence-electron chi connectivity index (χ0n) is 14.2. The summed E-state index contributed by atoms with van der Waals surface area (Å²) < 4.78 is 11.1. The molecule has 2 atom stereocenters. The van der Waals surface area contributed by atoms with Gasteiger partial charge in [0.25, 0.3) is 0 Å². The van der Waals surface area contributed by atoms with Gasteiger partial charge in [0.2, 0.25) is 0 Å². The fraction of sp³-hybridized carbons (Fsp3) is 0.667. The van der Waals surface area contributed by atoms with E-state index >= 15 is 0 Å². The Kier molecular flexibility index (Phi) is 8.40. The third-order valence-corrected chi connectivity index (χ3v) is 3.56. The summed E-state index contributed by atoms with van der Waals surface area (Å²) in [7, 11) is 1.77. The minimum absolute atomic E-state index is 0.215. The summed E-state index contributed by atoms with van der Waals surface area (Å²) in [6.45, 7) is 9.45. The van der Waals surface area contributed by atoms with E-state index in [-0.39, 0.29) is 6.10 Å². The Morgan fingerprint density at radius 3 is 2.24 bits per heavy atom. The van der Waals surface area contributed by atoms with Crippen molar-refractivity contribution >= 4 is 0 Å². The van der Waals surface area contributed by atoms with Gasteiger partial charge in [0, 0.05) is 13.2 Å². The number of hydrogen-bond acceptors (Lipinski definition) is 3. The van der Waals surface area contributed by atoms with Gasteiger partial charge in [-0.1, -0.05) is 19.1 Å². The molecule has 0 saturated heterocycles. The van der Waals surface area contributed by atoms with Crippen LogP contribution in [0.2, 0.25) is 0 Å². The maximum atomic E-state index is 5.71. The molecule has 0 aliphatic carbocycles. The Labute approximate surface area is 130 Å².